The zero-order chi connectivity index (χ0) is 18.4. The summed E-state index contributed by atoms with van der Waals surface area (Å²) in [6.07, 6.45) is 6.55. The number of ether oxygens (including phenoxy) is 3. The van der Waals surface area contributed by atoms with E-state index < -0.39 is 6.04 Å². The van der Waals surface area contributed by atoms with E-state index in [-0.39, 0.29) is 30.3 Å². The highest BCUT2D eigenvalue weighted by molar-refractivity contribution is 5.85. The van der Waals surface area contributed by atoms with Crippen molar-refractivity contribution in [1.29, 1.82) is 0 Å². The van der Waals surface area contributed by atoms with Crippen LogP contribution >= 0.6 is 12.4 Å². The molecule has 1 saturated heterocycles. The summed E-state index contributed by atoms with van der Waals surface area (Å²) in [5, 5.41) is 2.95. The van der Waals surface area contributed by atoms with Gasteiger partial charge in [0, 0.05) is 19.8 Å². The van der Waals surface area contributed by atoms with Crippen molar-refractivity contribution in [2.24, 2.45) is 11.7 Å². The molecule has 3 rings (SSSR count). The Morgan fingerprint density at radius 1 is 1.22 bits per heavy atom. The van der Waals surface area contributed by atoms with E-state index in [1.54, 1.807) is 7.11 Å². The summed E-state index contributed by atoms with van der Waals surface area (Å²) in [7, 11) is 1.64. The van der Waals surface area contributed by atoms with E-state index in [0.717, 1.165) is 42.7 Å². The van der Waals surface area contributed by atoms with Crippen LogP contribution in [0.4, 0.5) is 0 Å². The largest absolute Gasteiger partial charge is 0.493 e. The van der Waals surface area contributed by atoms with E-state index in [0.29, 0.717) is 19.8 Å². The van der Waals surface area contributed by atoms with Crippen molar-refractivity contribution in [1.82, 2.24) is 5.32 Å². The van der Waals surface area contributed by atoms with Gasteiger partial charge in [0.15, 0.2) is 11.5 Å². The Morgan fingerprint density at radius 2 is 1.93 bits per heavy atom. The highest BCUT2D eigenvalue weighted by Gasteiger charge is 2.26. The lowest BCUT2D eigenvalue weighted by Gasteiger charge is -2.26. The van der Waals surface area contributed by atoms with Crippen molar-refractivity contribution < 1.29 is 19.0 Å². The lowest BCUT2D eigenvalue weighted by molar-refractivity contribution is -0.124. The molecule has 1 saturated carbocycles. The van der Waals surface area contributed by atoms with Crippen LogP contribution in [0.5, 0.6) is 11.5 Å². The molecule has 0 bridgehead atoms. The van der Waals surface area contributed by atoms with Crippen LogP contribution in [-0.4, -0.2) is 38.4 Å². The first kappa shape index (κ1) is 21.8. The van der Waals surface area contributed by atoms with Crippen LogP contribution < -0.4 is 20.5 Å². The second-order valence-electron chi connectivity index (χ2n) is 7.20. The summed E-state index contributed by atoms with van der Waals surface area (Å²) in [5.74, 6) is 1.57. The molecule has 0 aromatic heterocycles. The topological polar surface area (TPSA) is 82.8 Å². The maximum atomic E-state index is 12.4. The molecule has 1 aromatic carbocycles. The molecule has 1 amide bonds. The molecule has 2 fully saturated rings. The lowest BCUT2D eigenvalue weighted by atomic mass is 9.92. The van der Waals surface area contributed by atoms with Crippen molar-refractivity contribution in [2.75, 3.05) is 20.3 Å². The van der Waals surface area contributed by atoms with E-state index in [2.05, 4.69) is 5.32 Å². The van der Waals surface area contributed by atoms with Gasteiger partial charge in [0.2, 0.25) is 5.91 Å². The fraction of sp³-hybridized carbons (Fsp3) is 0.650. The molecule has 152 valence electrons. The van der Waals surface area contributed by atoms with Gasteiger partial charge in [-0.2, -0.15) is 0 Å². The Bertz CT molecular complexity index is 602. The fourth-order valence-electron chi connectivity index (χ4n) is 3.70. The van der Waals surface area contributed by atoms with Crippen LogP contribution in [0.25, 0.3) is 0 Å². The number of carbonyl (C=O) groups is 1. The van der Waals surface area contributed by atoms with Gasteiger partial charge in [-0.3, -0.25) is 4.79 Å². The van der Waals surface area contributed by atoms with Gasteiger partial charge in [0.05, 0.1) is 19.3 Å². The van der Waals surface area contributed by atoms with Gasteiger partial charge in [0.1, 0.15) is 0 Å². The molecule has 1 atom stereocenters. The molecule has 6 nitrogen and oxygen atoms in total. The predicted molar refractivity (Wildman–Crippen MR) is 106 cm³/mol. The number of carbonyl (C=O) groups excluding carboxylic acids is 1. The molecule has 7 heteroatoms. The predicted octanol–water partition coefficient (Wildman–Crippen LogP) is 2.81. The second-order valence-corrected chi connectivity index (χ2v) is 7.20. The monoisotopic (exact) mass is 398 g/mol. The third-order valence-corrected chi connectivity index (χ3v) is 5.37. The van der Waals surface area contributed by atoms with Crippen molar-refractivity contribution in [3.63, 3.8) is 0 Å². The summed E-state index contributed by atoms with van der Waals surface area (Å²) < 4.78 is 16.9. The molecule has 1 aliphatic heterocycles. The normalized spacial score (nSPS) is 19.2. The highest BCUT2D eigenvalue weighted by Crippen LogP contribution is 2.32. The number of nitrogens with two attached hydrogens (primary N) is 1. The minimum absolute atomic E-state index is 0. The van der Waals surface area contributed by atoms with E-state index in [1.165, 1.54) is 12.8 Å². The SMILES string of the molecule is COc1ccc(CNC(=O)C(N)C2CCOCC2)cc1OC1CCCC1.Cl. The summed E-state index contributed by atoms with van der Waals surface area (Å²) in [5.41, 5.74) is 7.11. The zero-order valence-electron chi connectivity index (χ0n) is 15.9. The molecular formula is C20H31ClN2O4. The molecule has 0 radical (unpaired) electrons. The Labute approximate surface area is 167 Å². The quantitative estimate of drug-likeness (QED) is 0.737. The molecule has 2 aliphatic rings. The van der Waals surface area contributed by atoms with Crippen LogP contribution in [0, 0.1) is 5.92 Å². The molecule has 3 N–H and O–H groups in total. The number of nitrogens with one attached hydrogen (secondary N) is 1. The van der Waals surface area contributed by atoms with Crippen LogP contribution in [0.2, 0.25) is 0 Å². The third kappa shape index (κ3) is 5.99. The molecule has 0 spiro atoms. The van der Waals surface area contributed by atoms with Crippen molar-refractivity contribution in [3.8, 4) is 11.5 Å². The number of hydrogen-bond acceptors (Lipinski definition) is 5. The zero-order valence-corrected chi connectivity index (χ0v) is 16.8. The van der Waals surface area contributed by atoms with Crippen LogP contribution in [0.3, 0.4) is 0 Å². The van der Waals surface area contributed by atoms with Crippen molar-refractivity contribution >= 4 is 18.3 Å². The molecule has 1 unspecified atom stereocenters. The second kappa shape index (κ2) is 10.7. The third-order valence-electron chi connectivity index (χ3n) is 5.37. The average molecular weight is 399 g/mol. The number of halogens is 1. The lowest BCUT2D eigenvalue weighted by Crippen LogP contribution is -2.46. The van der Waals surface area contributed by atoms with Crippen LogP contribution in [0.1, 0.15) is 44.1 Å². The number of benzene rings is 1. The number of methoxy groups -OCH3 is 1. The van der Waals surface area contributed by atoms with Gasteiger partial charge in [0.25, 0.3) is 0 Å². The maximum Gasteiger partial charge on any atom is 0.237 e. The Kier molecular flexibility index (Phi) is 8.67. The van der Waals surface area contributed by atoms with Gasteiger partial charge in [-0.25, -0.2) is 0 Å². The van der Waals surface area contributed by atoms with Crippen molar-refractivity contribution in [2.45, 2.75) is 57.2 Å². The smallest absolute Gasteiger partial charge is 0.237 e. The minimum Gasteiger partial charge on any atom is -0.493 e. The maximum absolute atomic E-state index is 12.4. The number of amides is 1. The molecular weight excluding hydrogens is 368 g/mol. The first-order chi connectivity index (χ1) is 12.7. The minimum atomic E-state index is -0.480. The van der Waals surface area contributed by atoms with Gasteiger partial charge in [-0.05, 0) is 62.1 Å². The van der Waals surface area contributed by atoms with E-state index in [1.807, 2.05) is 18.2 Å². The van der Waals surface area contributed by atoms with Crippen molar-refractivity contribution in [3.05, 3.63) is 23.8 Å². The van der Waals surface area contributed by atoms with Gasteiger partial charge >= 0.3 is 0 Å². The number of rotatable bonds is 7. The van der Waals surface area contributed by atoms with Crippen LogP contribution in [-0.2, 0) is 16.1 Å². The number of hydrogen-bond donors (Lipinski definition) is 2. The summed E-state index contributed by atoms with van der Waals surface area (Å²) in [4.78, 5) is 12.4. The summed E-state index contributed by atoms with van der Waals surface area (Å²) >= 11 is 0. The standard InChI is InChI=1S/C20H30N2O4.ClH/c1-24-17-7-6-14(12-18(17)26-16-4-2-3-5-16)13-22-20(23)19(21)15-8-10-25-11-9-15;/h6-7,12,15-16,19H,2-5,8-11,13,21H2,1H3,(H,22,23);1H. The van der Waals surface area contributed by atoms with Gasteiger partial charge in [-0.1, -0.05) is 6.07 Å². The molecule has 1 aliphatic carbocycles. The summed E-state index contributed by atoms with van der Waals surface area (Å²) in [6.45, 7) is 1.80. The summed E-state index contributed by atoms with van der Waals surface area (Å²) in [6, 6.07) is 5.31. The first-order valence-electron chi connectivity index (χ1n) is 9.62. The van der Waals surface area contributed by atoms with E-state index >= 15 is 0 Å². The first-order valence-corrected chi connectivity index (χ1v) is 9.62. The van der Waals surface area contributed by atoms with Gasteiger partial charge < -0.3 is 25.3 Å². The van der Waals surface area contributed by atoms with Crippen LogP contribution in [0.15, 0.2) is 18.2 Å². The molecule has 1 heterocycles. The van der Waals surface area contributed by atoms with Gasteiger partial charge in [-0.15, -0.1) is 12.4 Å². The Morgan fingerprint density at radius 3 is 2.59 bits per heavy atom. The van der Waals surface area contributed by atoms with E-state index in [4.69, 9.17) is 19.9 Å². The van der Waals surface area contributed by atoms with E-state index in [9.17, 15) is 4.79 Å². The molecule has 1 aromatic rings. The Balaban J connectivity index is 0.00000261. The fourth-order valence-corrected chi connectivity index (χ4v) is 3.70. The molecule has 27 heavy (non-hydrogen) atoms. The average Bonchev–Trinajstić information content (AvgIpc) is 3.19. The highest BCUT2D eigenvalue weighted by atomic mass is 35.5. The Hall–Kier alpha value is -1.50.